The molecule has 1 aliphatic heterocycles. The number of nitrogens with zero attached hydrogens (tertiary/aromatic N) is 1. The van der Waals surface area contributed by atoms with Crippen molar-refractivity contribution in [3.63, 3.8) is 0 Å². The summed E-state index contributed by atoms with van der Waals surface area (Å²) in [6.45, 7) is 1.41. The van der Waals surface area contributed by atoms with Crippen molar-refractivity contribution in [1.82, 2.24) is 10.2 Å². The van der Waals surface area contributed by atoms with Crippen molar-refractivity contribution in [1.29, 1.82) is 0 Å². The van der Waals surface area contributed by atoms with Crippen LogP contribution in [0.2, 0.25) is 0 Å². The molecule has 0 unspecified atom stereocenters. The molecule has 1 N–H and O–H groups in total. The molecule has 0 spiro atoms. The van der Waals surface area contributed by atoms with Crippen molar-refractivity contribution in [2.45, 2.75) is 18.9 Å². The van der Waals surface area contributed by atoms with Crippen LogP contribution in [0.5, 0.6) is 0 Å². The fraction of sp³-hybridized carbons (Fsp3) is 0.462. The topological polar surface area (TPSA) is 32.3 Å². The summed E-state index contributed by atoms with van der Waals surface area (Å²) in [5.41, 5.74) is 0.395. The molecule has 1 saturated heterocycles. The van der Waals surface area contributed by atoms with Gasteiger partial charge in [-0.1, -0.05) is 0 Å². The highest BCUT2D eigenvalue weighted by Crippen LogP contribution is 2.21. The number of hydrogen-bond acceptors (Lipinski definition) is 2. The summed E-state index contributed by atoms with van der Waals surface area (Å²) in [5, 5.41) is 3.19. The molecular weight excluding hydrogens is 299 g/mol. The Kier molecular flexibility index (Phi) is 4.35. The van der Waals surface area contributed by atoms with Crippen LogP contribution in [0.4, 0.5) is 4.39 Å². The average molecular weight is 315 g/mol. The first-order chi connectivity index (χ1) is 8.61. The Balaban J connectivity index is 2.17. The normalized spacial score (nSPS) is 19.9. The number of amides is 1. The average Bonchev–Trinajstić information content (AvgIpc) is 2.41. The van der Waals surface area contributed by atoms with E-state index < -0.39 is 0 Å². The molecule has 1 amide bonds. The maximum Gasteiger partial charge on any atom is 0.255 e. The van der Waals surface area contributed by atoms with E-state index in [9.17, 15) is 9.18 Å². The quantitative estimate of drug-likeness (QED) is 0.909. The third-order valence-corrected chi connectivity index (χ3v) is 3.97. The number of rotatable bonds is 2. The minimum absolute atomic E-state index is 0.110. The number of nitrogens with one attached hydrogen (secondary N) is 1. The predicted molar refractivity (Wildman–Crippen MR) is 72.1 cm³/mol. The number of likely N-dealkylation sites (N-methyl/N-ethyl adjacent to an activating group) is 1. The van der Waals surface area contributed by atoms with Crippen molar-refractivity contribution in [2.24, 2.45) is 0 Å². The first-order valence-electron chi connectivity index (χ1n) is 6.03. The molecule has 1 atom stereocenters. The van der Waals surface area contributed by atoms with Gasteiger partial charge in [0, 0.05) is 23.6 Å². The van der Waals surface area contributed by atoms with E-state index in [1.807, 2.05) is 7.05 Å². The molecular formula is C13H16BrFN2O. The molecule has 18 heavy (non-hydrogen) atoms. The molecule has 0 aromatic heterocycles. The number of likely N-dealkylation sites (tertiary alicyclic amines) is 1. The summed E-state index contributed by atoms with van der Waals surface area (Å²) in [6, 6.07) is 4.53. The van der Waals surface area contributed by atoms with Crippen LogP contribution in [0.25, 0.3) is 0 Å². The van der Waals surface area contributed by atoms with Gasteiger partial charge in [0.25, 0.3) is 5.91 Å². The van der Waals surface area contributed by atoms with Gasteiger partial charge in [-0.05, 0) is 54.0 Å². The van der Waals surface area contributed by atoms with Crippen LogP contribution in [0.3, 0.4) is 0 Å². The summed E-state index contributed by atoms with van der Waals surface area (Å²) < 4.78 is 13.9. The lowest BCUT2D eigenvalue weighted by Gasteiger charge is -2.32. The predicted octanol–water partition coefficient (Wildman–Crippen LogP) is 2.41. The van der Waals surface area contributed by atoms with Crippen LogP contribution in [-0.2, 0) is 0 Å². The molecule has 3 nitrogen and oxygen atoms in total. The van der Waals surface area contributed by atoms with Crippen molar-refractivity contribution in [3.8, 4) is 0 Å². The van der Waals surface area contributed by atoms with Crippen LogP contribution in [-0.4, -0.2) is 37.0 Å². The van der Waals surface area contributed by atoms with Crippen LogP contribution >= 0.6 is 15.9 Å². The number of carbonyl (C=O) groups is 1. The number of hydrogen-bond donors (Lipinski definition) is 1. The van der Waals surface area contributed by atoms with Crippen LogP contribution in [0, 0.1) is 5.82 Å². The number of halogens is 2. The summed E-state index contributed by atoms with van der Waals surface area (Å²) in [7, 11) is 1.90. The highest BCUT2D eigenvalue weighted by molar-refractivity contribution is 9.10. The van der Waals surface area contributed by atoms with Crippen molar-refractivity contribution in [2.75, 3.05) is 20.1 Å². The van der Waals surface area contributed by atoms with E-state index in [4.69, 9.17) is 0 Å². The number of benzene rings is 1. The van der Waals surface area contributed by atoms with Gasteiger partial charge >= 0.3 is 0 Å². The molecule has 0 radical (unpaired) electrons. The summed E-state index contributed by atoms with van der Waals surface area (Å²) in [5.74, 6) is -0.495. The maximum absolute atomic E-state index is 13.2. The smallest absolute Gasteiger partial charge is 0.255 e. The van der Waals surface area contributed by atoms with Gasteiger partial charge in [0.1, 0.15) is 5.82 Å². The van der Waals surface area contributed by atoms with Gasteiger partial charge in [0.2, 0.25) is 0 Å². The molecule has 98 valence electrons. The third-order valence-electron chi connectivity index (χ3n) is 3.28. The summed E-state index contributed by atoms with van der Waals surface area (Å²) in [6.07, 6.45) is 2.05. The first kappa shape index (κ1) is 13.5. The van der Waals surface area contributed by atoms with E-state index in [2.05, 4.69) is 21.2 Å². The molecule has 0 saturated carbocycles. The van der Waals surface area contributed by atoms with Gasteiger partial charge in [-0.3, -0.25) is 4.79 Å². The lowest BCUT2D eigenvalue weighted by Crippen LogP contribution is -2.47. The second-order valence-electron chi connectivity index (χ2n) is 4.50. The lowest BCUT2D eigenvalue weighted by molar-refractivity contribution is 0.0697. The minimum Gasteiger partial charge on any atom is -0.337 e. The van der Waals surface area contributed by atoms with Gasteiger partial charge in [-0.25, -0.2) is 4.39 Å². The molecule has 1 aliphatic rings. The van der Waals surface area contributed by atoms with Crippen LogP contribution < -0.4 is 5.32 Å². The van der Waals surface area contributed by atoms with E-state index in [0.29, 0.717) is 22.6 Å². The Hall–Kier alpha value is -0.940. The maximum atomic E-state index is 13.2. The minimum atomic E-state index is -0.385. The zero-order valence-corrected chi connectivity index (χ0v) is 11.8. The lowest BCUT2D eigenvalue weighted by atomic mass is 10.0. The van der Waals surface area contributed by atoms with Crippen LogP contribution in [0.1, 0.15) is 23.2 Å². The zero-order chi connectivity index (χ0) is 13.1. The van der Waals surface area contributed by atoms with Gasteiger partial charge in [0.05, 0.1) is 5.56 Å². The van der Waals surface area contributed by atoms with Gasteiger partial charge < -0.3 is 10.2 Å². The van der Waals surface area contributed by atoms with Crippen molar-refractivity contribution >= 4 is 21.8 Å². The highest BCUT2D eigenvalue weighted by Gasteiger charge is 2.24. The van der Waals surface area contributed by atoms with E-state index in [1.54, 1.807) is 11.0 Å². The highest BCUT2D eigenvalue weighted by atomic mass is 79.9. The fourth-order valence-electron chi connectivity index (χ4n) is 2.23. The standard InChI is InChI=1S/C13H16BrFN2O/c1-16-10-3-2-6-17(8-10)13(18)11-7-9(15)4-5-12(11)14/h4-5,7,10,16H,2-3,6,8H2,1H3/t10-/m1/s1. The molecule has 0 aliphatic carbocycles. The van der Waals surface area contributed by atoms with E-state index in [-0.39, 0.29) is 11.7 Å². The second-order valence-corrected chi connectivity index (χ2v) is 5.36. The Bertz CT molecular complexity index is 453. The largest absolute Gasteiger partial charge is 0.337 e. The monoisotopic (exact) mass is 314 g/mol. The fourth-order valence-corrected chi connectivity index (χ4v) is 2.65. The Morgan fingerprint density at radius 3 is 3.06 bits per heavy atom. The SMILES string of the molecule is CN[C@@H]1CCCN(C(=O)c2cc(F)ccc2Br)C1. The van der Waals surface area contributed by atoms with Gasteiger partial charge in [-0.2, -0.15) is 0 Å². The van der Waals surface area contributed by atoms with E-state index in [0.717, 1.165) is 19.4 Å². The van der Waals surface area contributed by atoms with E-state index in [1.165, 1.54) is 12.1 Å². The molecule has 0 bridgehead atoms. The zero-order valence-electron chi connectivity index (χ0n) is 10.2. The summed E-state index contributed by atoms with van der Waals surface area (Å²) in [4.78, 5) is 14.1. The van der Waals surface area contributed by atoms with E-state index >= 15 is 0 Å². The summed E-state index contributed by atoms with van der Waals surface area (Å²) >= 11 is 3.30. The van der Waals surface area contributed by atoms with Gasteiger partial charge in [0.15, 0.2) is 0 Å². The Morgan fingerprint density at radius 1 is 1.56 bits per heavy atom. The van der Waals surface area contributed by atoms with Crippen molar-refractivity contribution in [3.05, 3.63) is 34.1 Å². The number of piperidine rings is 1. The first-order valence-corrected chi connectivity index (χ1v) is 6.82. The molecule has 1 aromatic rings. The Morgan fingerprint density at radius 2 is 2.33 bits per heavy atom. The Labute approximate surface area is 114 Å². The van der Waals surface area contributed by atoms with Crippen LogP contribution in [0.15, 0.2) is 22.7 Å². The molecule has 2 rings (SSSR count). The van der Waals surface area contributed by atoms with Crippen molar-refractivity contribution < 1.29 is 9.18 Å². The molecule has 1 heterocycles. The molecule has 1 fully saturated rings. The second kappa shape index (κ2) is 5.80. The number of carbonyl (C=O) groups excluding carboxylic acids is 1. The third kappa shape index (κ3) is 2.90. The molecule has 1 aromatic carbocycles. The van der Waals surface area contributed by atoms with Gasteiger partial charge in [-0.15, -0.1) is 0 Å². The molecule has 5 heteroatoms.